The van der Waals surface area contributed by atoms with Crippen LogP contribution in [0.5, 0.6) is 0 Å². The first-order valence-electron chi connectivity index (χ1n) is 7.85. The smallest absolute Gasteiger partial charge is 0.251 e. The normalized spacial score (nSPS) is 15.4. The Morgan fingerprint density at radius 3 is 2.79 bits per heavy atom. The third kappa shape index (κ3) is 3.39. The van der Waals surface area contributed by atoms with E-state index in [0.29, 0.717) is 25.3 Å². The molecule has 1 aromatic carbocycles. The fourth-order valence-electron chi connectivity index (χ4n) is 2.75. The molecule has 6 nitrogen and oxygen atoms in total. The lowest BCUT2D eigenvalue weighted by Crippen LogP contribution is -2.27. The van der Waals surface area contributed by atoms with Crippen LogP contribution in [-0.2, 0) is 20.8 Å². The lowest BCUT2D eigenvalue weighted by Gasteiger charge is -2.16. The van der Waals surface area contributed by atoms with Crippen molar-refractivity contribution in [2.75, 3.05) is 20.3 Å². The third-order valence-corrected chi connectivity index (χ3v) is 3.98. The van der Waals surface area contributed by atoms with Gasteiger partial charge in [0.1, 0.15) is 0 Å². The fourth-order valence-corrected chi connectivity index (χ4v) is 2.75. The van der Waals surface area contributed by atoms with Gasteiger partial charge in [-0.3, -0.25) is 9.59 Å². The molecule has 0 aliphatic carbocycles. The molecular weight excluding hydrogens is 308 g/mol. The van der Waals surface area contributed by atoms with Crippen molar-refractivity contribution in [3.63, 3.8) is 0 Å². The quantitative estimate of drug-likeness (QED) is 0.863. The molecule has 1 N–H and O–H groups in total. The van der Waals surface area contributed by atoms with Gasteiger partial charge < -0.3 is 19.4 Å². The van der Waals surface area contributed by atoms with E-state index in [-0.39, 0.29) is 11.5 Å². The molecular formula is C18H20N2O4. The first kappa shape index (κ1) is 16.4. The molecule has 0 bridgehead atoms. The lowest BCUT2D eigenvalue weighted by molar-refractivity contribution is -0.115. The molecule has 1 saturated heterocycles. The van der Waals surface area contributed by atoms with E-state index in [4.69, 9.17) is 9.47 Å². The van der Waals surface area contributed by atoms with Gasteiger partial charge in [0.05, 0.1) is 25.3 Å². The predicted molar refractivity (Wildman–Crippen MR) is 91.7 cm³/mol. The van der Waals surface area contributed by atoms with E-state index in [1.165, 1.54) is 12.1 Å². The summed E-state index contributed by atoms with van der Waals surface area (Å²) in [5.41, 5.74) is 2.42. The number of hydrogen-bond donors (Lipinski definition) is 1. The van der Waals surface area contributed by atoms with Crippen LogP contribution in [0.25, 0.3) is 17.0 Å². The zero-order valence-corrected chi connectivity index (χ0v) is 13.7. The highest BCUT2D eigenvalue weighted by atomic mass is 16.7. The Hall–Kier alpha value is -2.44. The number of aromatic nitrogens is 1. The van der Waals surface area contributed by atoms with Crippen molar-refractivity contribution in [1.82, 2.24) is 9.88 Å². The molecule has 6 heteroatoms. The highest BCUT2D eigenvalue weighted by Crippen LogP contribution is 2.21. The number of nitrogens with zero attached hydrogens (tertiary/aromatic N) is 1. The number of likely N-dealkylation sites (N-methyl/N-ethyl adjacent to an activating group) is 1. The minimum Gasteiger partial charge on any atom is -0.356 e. The van der Waals surface area contributed by atoms with Crippen molar-refractivity contribution in [2.24, 2.45) is 0 Å². The minimum absolute atomic E-state index is 0.149. The van der Waals surface area contributed by atoms with Crippen molar-refractivity contribution in [1.29, 1.82) is 0 Å². The van der Waals surface area contributed by atoms with Gasteiger partial charge in [0, 0.05) is 24.6 Å². The van der Waals surface area contributed by atoms with Gasteiger partial charge in [0.15, 0.2) is 6.29 Å². The Morgan fingerprint density at radius 2 is 2.08 bits per heavy atom. The number of pyridine rings is 1. The van der Waals surface area contributed by atoms with Crippen LogP contribution in [0.4, 0.5) is 0 Å². The summed E-state index contributed by atoms with van der Waals surface area (Å²) in [5.74, 6) is -0.216. The number of carbonyl (C=O) groups excluding carboxylic acids is 1. The molecule has 1 aliphatic rings. The number of rotatable bonds is 4. The van der Waals surface area contributed by atoms with Gasteiger partial charge in [-0.15, -0.1) is 0 Å². The molecule has 1 aliphatic heterocycles. The monoisotopic (exact) mass is 328 g/mol. The average Bonchev–Trinajstić information content (AvgIpc) is 3.08. The molecule has 0 radical (unpaired) electrons. The SMILES string of the molecule is CNC(=O)/C=C/c1cc(=O)n(CC2OCCO2)c2cc(C)ccc12. The maximum Gasteiger partial charge on any atom is 0.251 e. The van der Waals surface area contributed by atoms with Crippen LogP contribution in [0.2, 0.25) is 0 Å². The second-order valence-electron chi connectivity index (χ2n) is 5.69. The van der Waals surface area contributed by atoms with Crippen LogP contribution in [0, 0.1) is 6.92 Å². The molecule has 2 heterocycles. The Kier molecular flexibility index (Phi) is 4.78. The second kappa shape index (κ2) is 6.98. The fraction of sp³-hybridized carbons (Fsp3) is 0.333. The zero-order chi connectivity index (χ0) is 17.1. The van der Waals surface area contributed by atoms with Crippen molar-refractivity contribution >= 4 is 22.9 Å². The molecule has 126 valence electrons. The van der Waals surface area contributed by atoms with Crippen LogP contribution in [0.15, 0.2) is 35.1 Å². The summed E-state index contributed by atoms with van der Waals surface area (Å²) in [7, 11) is 1.56. The standard InChI is InChI=1S/C18H20N2O4/c1-12-3-5-14-13(4-6-16(21)19-2)10-17(22)20(15(14)9-12)11-18-23-7-8-24-18/h3-6,9-10,18H,7-8,11H2,1-2H3,(H,19,21)/b6-4+. The van der Waals surface area contributed by atoms with Crippen molar-refractivity contribution in [3.05, 3.63) is 51.8 Å². The Labute approximate surface area is 139 Å². The minimum atomic E-state index is -0.404. The zero-order valence-electron chi connectivity index (χ0n) is 13.7. The molecule has 2 aromatic rings. The number of hydrogen-bond acceptors (Lipinski definition) is 4. The van der Waals surface area contributed by atoms with E-state index in [0.717, 1.165) is 16.5 Å². The summed E-state index contributed by atoms with van der Waals surface area (Å²) in [5, 5.41) is 3.43. The number of benzene rings is 1. The highest BCUT2D eigenvalue weighted by molar-refractivity contribution is 5.95. The number of carbonyl (C=O) groups is 1. The number of nitrogens with one attached hydrogen (secondary N) is 1. The molecule has 0 atom stereocenters. The van der Waals surface area contributed by atoms with E-state index >= 15 is 0 Å². The van der Waals surface area contributed by atoms with Crippen LogP contribution < -0.4 is 10.9 Å². The maximum absolute atomic E-state index is 12.6. The first-order chi connectivity index (χ1) is 11.6. The summed E-state index contributed by atoms with van der Waals surface area (Å²) >= 11 is 0. The molecule has 0 spiro atoms. The second-order valence-corrected chi connectivity index (χ2v) is 5.69. The summed E-state index contributed by atoms with van der Waals surface area (Å²) in [6.07, 6.45) is 2.67. The summed E-state index contributed by atoms with van der Waals surface area (Å²) in [6.45, 7) is 3.41. The molecule has 1 fully saturated rings. The summed E-state index contributed by atoms with van der Waals surface area (Å²) < 4.78 is 12.6. The van der Waals surface area contributed by atoms with Crippen LogP contribution in [0.1, 0.15) is 11.1 Å². The van der Waals surface area contributed by atoms with Crippen LogP contribution in [-0.4, -0.2) is 37.0 Å². The Morgan fingerprint density at radius 1 is 1.33 bits per heavy atom. The summed E-state index contributed by atoms with van der Waals surface area (Å²) in [4.78, 5) is 24.0. The van der Waals surface area contributed by atoms with Gasteiger partial charge in [0.25, 0.3) is 5.56 Å². The molecule has 0 unspecified atom stereocenters. The van der Waals surface area contributed by atoms with E-state index in [1.807, 2.05) is 25.1 Å². The largest absolute Gasteiger partial charge is 0.356 e. The number of amides is 1. The maximum atomic E-state index is 12.6. The lowest BCUT2D eigenvalue weighted by atomic mass is 10.1. The van der Waals surface area contributed by atoms with Gasteiger partial charge in [0.2, 0.25) is 5.91 Å². The van der Waals surface area contributed by atoms with Crippen LogP contribution >= 0.6 is 0 Å². The van der Waals surface area contributed by atoms with Gasteiger partial charge in [-0.1, -0.05) is 12.1 Å². The van der Waals surface area contributed by atoms with E-state index in [2.05, 4.69) is 5.32 Å². The van der Waals surface area contributed by atoms with E-state index in [1.54, 1.807) is 17.7 Å². The van der Waals surface area contributed by atoms with Gasteiger partial charge in [-0.05, 0) is 30.2 Å². The highest BCUT2D eigenvalue weighted by Gasteiger charge is 2.18. The van der Waals surface area contributed by atoms with Crippen molar-refractivity contribution in [3.8, 4) is 0 Å². The Balaban J connectivity index is 2.10. The molecule has 1 aromatic heterocycles. The number of ether oxygens (including phenoxy) is 2. The number of aryl methyl sites for hydroxylation is 1. The van der Waals surface area contributed by atoms with Gasteiger partial charge >= 0.3 is 0 Å². The van der Waals surface area contributed by atoms with Crippen molar-refractivity contribution in [2.45, 2.75) is 19.8 Å². The van der Waals surface area contributed by atoms with E-state index in [9.17, 15) is 9.59 Å². The summed E-state index contributed by atoms with van der Waals surface area (Å²) in [6, 6.07) is 7.44. The van der Waals surface area contributed by atoms with E-state index < -0.39 is 6.29 Å². The Bertz CT molecular complexity index is 848. The number of fused-ring (bicyclic) bond motifs is 1. The third-order valence-electron chi connectivity index (χ3n) is 3.98. The molecule has 3 rings (SSSR count). The molecule has 1 amide bonds. The average molecular weight is 328 g/mol. The van der Waals surface area contributed by atoms with Crippen LogP contribution in [0.3, 0.4) is 0 Å². The molecule has 0 saturated carbocycles. The van der Waals surface area contributed by atoms with Gasteiger partial charge in [-0.25, -0.2) is 0 Å². The topological polar surface area (TPSA) is 69.6 Å². The molecule has 24 heavy (non-hydrogen) atoms. The first-order valence-corrected chi connectivity index (χ1v) is 7.85. The van der Waals surface area contributed by atoms with Crippen molar-refractivity contribution < 1.29 is 14.3 Å². The predicted octanol–water partition coefficient (Wildman–Crippen LogP) is 1.44. The van der Waals surface area contributed by atoms with Gasteiger partial charge in [-0.2, -0.15) is 0 Å².